The first-order valence-electron chi connectivity index (χ1n) is 16.3. The van der Waals surface area contributed by atoms with Crippen LogP contribution in [0.5, 0.6) is 0 Å². The van der Waals surface area contributed by atoms with Crippen LogP contribution in [0.25, 0.3) is 0 Å². The molecule has 2 aliphatic rings. The summed E-state index contributed by atoms with van der Waals surface area (Å²) in [5, 5.41) is 17.1. The summed E-state index contributed by atoms with van der Waals surface area (Å²) in [5.74, 6) is -7.24. The number of likely N-dealkylation sites (N-methyl/N-ethyl adjacent to an activating group) is 1. The summed E-state index contributed by atoms with van der Waals surface area (Å²) >= 11 is 0. The molecule has 2 fully saturated rings. The molecule has 0 radical (unpaired) electrons. The molecular weight excluding hydrogens is 606 g/mol. The Kier molecular flexibility index (Phi) is 12.0. The third kappa shape index (κ3) is 8.92. The van der Waals surface area contributed by atoms with Crippen LogP contribution in [0.15, 0.2) is 48.5 Å². The lowest BCUT2D eigenvalue weighted by Gasteiger charge is -2.36. The van der Waals surface area contributed by atoms with Gasteiger partial charge >= 0.3 is 5.92 Å². The summed E-state index contributed by atoms with van der Waals surface area (Å²) < 4.78 is 30.5. The normalized spacial score (nSPS) is 17.9. The van der Waals surface area contributed by atoms with E-state index in [4.69, 9.17) is 5.26 Å². The van der Waals surface area contributed by atoms with Crippen molar-refractivity contribution in [3.63, 3.8) is 0 Å². The molecule has 0 aromatic heterocycles. The van der Waals surface area contributed by atoms with Crippen molar-refractivity contribution in [1.82, 2.24) is 20.4 Å². The highest BCUT2D eigenvalue weighted by atomic mass is 19.3. The zero-order chi connectivity index (χ0) is 34.1. The van der Waals surface area contributed by atoms with Gasteiger partial charge in [-0.25, -0.2) is 0 Å². The lowest BCUT2D eigenvalue weighted by atomic mass is 9.83. The Bertz CT molecular complexity index is 1460. The number of amides is 4. The maximum atomic E-state index is 15.3. The first-order chi connectivity index (χ1) is 22.4. The summed E-state index contributed by atoms with van der Waals surface area (Å²) in [6.07, 6.45) is 4.06. The van der Waals surface area contributed by atoms with Gasteiger partial charge in [-0.15, -0.1) is 0 Å². The van der Waals surface area contributed by atoms with Gasteiger partial charge in [-0.3, -0.25) is 19.2 Å². The van der Waals surface area contributed by atoms with Crippen LogP contribution in [-0.2, 0) is 25.1 Å². The van der Waals surface area contributed by atoms with Gasteiger partial charge in [0.15, 0.2) is 0 Å². The van der Waals surface area contributed by atoms with E-state index in [0.29, 0.717) is 31.6 Å². The van der Waals surface area contributed by atoms with Crippen LogP contribution >= 0.6 is 0 Å². The standard InChI is InChI=1S/C35H44F2N6O4/c1-4-29(44)40-30(33(46)43-19-17-42(3)18-20-43)23(2)25-13-15-28(16-14-25)39-32(45)31(26-10-6-5-7-11-26)41-34(47)35(36,37)27-12-8-9-24(21-27)22-38/h8-9,12-16,21,23,26,30-31H,4-7,10-11,17-20H2,1-3H3,(H,39,45)(H,40,44)(H,41,47). The van der Waals surface area contributed by atoms with Gasteiger partial charge in [0, 0.05) is 49.8 Å². The van der Waals surface area contributed by atoms with Gasteiger partial charge in [0.05, 0.1) is 11.6 Å². The van der Waals surface area contributed by atoms with Crippen molar-refractivity contribution in [2.75, 3.05) is 38.5 Å². The number of hydrogen-bond acceptors (Lipinski definition) is 6. The van der Waals surface area contributed by atoms with Crippen LogP contribution in [-0.4, -0.2) is 78.7 Å². The monoisotopic (exact) mass is 650 g/mol. The quantitative estimate of drug-likeness (QED) is 0.335. The molecule has 1 saturated carbocycles. The summed E-state index contributed by atoms with van der Waals surface area (Å²) in [4.78, 5) is 56.3. The number of alkyl halides is 2. The number of rotatable bonds is 11. The van der Waals surface area contributed by atoms with Crippen LogP contribution in [0.4, 0.5) is 14.5 Å². The molecule has 4 amide bonds. The van der Waals surface area contributed by atoms with Gasteiger partial charge in [0.1, 0.15) is 12.1 Å². The van der Waals surface area contributed by atoms with Gasteiger partial charge in [-0.1, -0.05) is 57.4 Å². The number of halogens is 2. The molecule has 2 aromatic carbocycles. The molecule has 1 aliphatic carbocycles. The van der Waals surface area contributed by atoms with Crippen molar-refractivity contribution >= 4 is 29.3 Å². The van der Waals surface area contributed by atoms with Crippen LogP contribution in [0.3, 0.4) is 0 Å². The molecule has 4 rings (SSSR count). The molecule has 1 heterocycles. The van der Waals surface area contributed by atoms with Crippen LogP contribution in [0, 0.1) is 17.2 Å². The average Bonchev–Trinajstić information content (AvgIpc) is 3.09. The number of nitrogens with one attached hydrogen (secondary N) is 3. The fraction of sp³-hybridized carbons (Fsp3) is 0.514. The molecule has 252 valence electrons. The maximum Gasteiger partial charge on any atom is 0.349 e. The van der Waals surface area contributed by atoms with Gasteiger partial charge in [0.25, 0.3) is 5.91 Å². The number of hydrogen-bond donors (Lipinski definition) is 3. The Labute approximate surface area is 274 Å². The Morgan fingerprint density at radius 3 is 2.26 bits per heavy atom. The highest BCUT2D eigenvalue weighted by molar-refractivity contribution is 5.98. The van der Waals surface area contributed by atoms with Gasteiger partial charge in [0.2, 0.25) is 17.7 Å². The predicted octanol–water partition coefficient (Wildman–Crippen LogP) is 4.13. The molecule has 3 unspecified atom stereocenters. The fourth-order valence-electron chi connectivity index (χ4n) is 6.19. The van der Waals surface area contributed by atoms with Crippen molar-refractivity contribution in [3.05, 3.63) is 65.2 Å². The third-order valence-corrected chi connectivity index (χ3v) is 9.25. The minimum atomic E-state index is -3.96. The number of anilines is 1. The molecule has 1 aliphatic heterocycles. The highest BCUT2D eigenvalue weighted by Gasteiger charge is 2.44. The Balaban J connectivity index is 1.49. The van der Waals surface area contributed by atoms with E-state index in [1.807, 2.05) is 14.0 Å². The molecule has 2 aromatic rings. The first kappa shape index (κ1) is 35.5. The second-order valence-corrected chi connectivity index (χ2v) is 12.5. The zero-order valence-corrected chi connectivity index (χ0v) is 27.2. The largest absolute Gasteiger partial charge is 0.349 e. The number of carbonyl (C=O) groups is 4. The molecule has 3 atom stereocenters. The van der Waals surface area contributed by atoms with Crippen LogP contribution in [0.1, 0.15) is 75.0 Å². The molecule has 1 saturated heterocycles. The third-order valence-electron chi connectivity index (χ3n) is 9.25. The van der Waals surface area contributed by atoms with Crippen molar-refractivity contribution in [1.29, 1.82) is 5.26 Å². The maximum absolute atomic E-state index is 15.3. The molecule has 12 heteroatoms. The Hall–Kier alpha value is -4.37. The molecule has 47 heavy (non-hydrogen) atoms. The van der Waals surface area contributed by atoms with Crippen LogP contribution < -0.4 is 16.0 Å². The molecular formula is C35H44F2N6O4. The number of nitrogens with zero attached hydrogens (tertiary/aromatic N) is 3. The molecule has 0 bridgehead atoms. The van der Waals surface area contributed by atoms with E-state index < -0.39 is 35.4 Å². The molecule has 10 nitrogen and oxygen atoms in total. The number of benzene rings is 2. The molecule has 3 N–H and O–H groups in total. The van der Waals surface area contributed by atoms with Crippen molar-refractivity contribution < 1.29 is 28.0 Å². The van der Waals surface area contributed by atoms with Crippen LogP contribution in [0.2, 0.25) is 0 Å². The highest BCUT2D eigenvalue weighted by Crippen LogP contribution is 2.32. The predicted molar refractivity (Wildman–Crippen MR) is 173 cm³/mol. The Morgan fingerprint density at radius 2 is 1.64 bits per heavy atom. The second kappa shape index (κ2) is 16.0. The van der Waals surface area contributed by atoms with E-state index in [-0.39, 0.29) is 35.6 Å². The van der Waals surface area contributed by atoms with Crippen molar-refractivity contribution in [3.8, 4) is 6.07 Å². The fourth-order valence-corrected chi connectivity index (χ4v) is 6.19. The summed E-state index contributed by atoms with van der Waals surface area (Å²) in [6, 6.07) is 11.4. The lowest BCUT2D eigenvalue weighted by Crippen LogP contribution is -2.55. The van der Waals surface area contributed by atoms with Crippen molar-refractivity contribution in [2.45, 2.75) is 76.3 Å². The average molecular weight is 651 g/mol. The van der Waals surface area contributed by atoms with E-state index in [0.717, 1.165) is 50.0 Å². The summed E-state index contributed by atoms with van der Waals surface area (Å²) in [5.41, 5.74) is 0.537. The number of carbonyl (C=O) groups excluding carboxylic acids is 4. The zero-order valence-electron chi connectivity index (χ0n) is 27.2. The van der Waals surface area contributed by atoms with Gasteiger partial charge in [-0.05, 0) is 55.6 Å². The lowest BCUT2D eigenvalue weighted by molar-refractivity contribution is -0.149. The summed E-state index contributed by atoms with van der Waals surface area (Å²) in [7, 11) is 2.00. The SMILES string of the molecule is CCC(=O)NC(C(=O)N1CCN(C)CC1)C(C)c1ccc(NC(=O)C(NC(=O)C(F)(F)c2cccc(C#N)c2)C2CCCCC2)cc1. The van der Waals surface area contributed by atoms with E-state index in [9.17, 15) is 19.2 Å². The minimum absolute atomic E-state index is 0.00271. The minimum Gasteiger partial charge on any atom is -0.344 e. The first-order valence-corrected chi connectivity index (χ1v) is 16.3. The topological polar surface area (TPSA) is 135 Å². The summed E-state index contributed by atoms with van der Waals surface area (Å²) in [6.45, 7) is 6.23. The van der Waals surface area contributed by atoms with E-state index in [2.05, 4.69) is 20.9 Å². The van der Waals surface area contributed by atoms with E-state index in [1.54, 1.807) is 42.2 Å². The second-order valence-electron chi connectivity index (χ2n) is 12.5. The van der Waals surface area contributed by atoms with Gasteiger partial charge in [-0.2, -0.15) is 14.0 Å². The van der Waals surface area contributed by atoms with Crippen molar-refractivity contribution in [2.24, 2.45) is 5.92 Å². The van der Waals surface area contributed by atoms with E-state index in [1.165, 1.54) is 12.1 Å². The molecule has 0 spiro atoms. The smallest absolute Gasteiger partial charge is 0.344 e. The van der Waals surface area contributed by atoms with E-state index >= 15 is 8.78 Å². The Morgan fingerprint density at radius 1 is 0.979 bits per heavy atom. The van der Waals surface area contributed by atoms with Gasteiger partial charge < -0.3 is 25.8 Å². The number of nitriles is 1. The number of piperazine rings is 1.